The van der Waals surface area contributed by atoms with E-state index >= 15 is 0 Å². The van der Waals surface area contributed by atoms with Crippen LogP contribution in [0.15, 0.2) is 0 Å². The fraction of sp³-hybridized carbons (Fsp3) is 0.857. The van der Waals surface area contributed by atoms with E-state index in [2.05, 4.69) is 0 Å². The summed E-state index contributed by atoms with van der Waals surface area (Å²) in [5, 5.41) is 0. The first-order valence-corrected chi connectivity index (χ1v) is 4.10. The van der Waals surface area contributed by atoms with E-state index in [0.29, 0.717) is 12.2 Å². The Morgan fingerprint density at radius 1 is 1.64 bits per heavy atom. The number of hydrogen-bond acceptors (Lipinski definition) is 3. The quantitative estimate of drug-likeness (QED) is 0.446. The molecule has 0 aromatic carbocycles. The Hall–Kier alpha value is 1.87. The Morgan fingerprint density at radius 3 is 2.45 bits per heavy atom. The molecule has 2 nitrogen and oxygen atoms in total. The van der Waals surface area contributed by atoms with Gasteiger partial charge in [-0.05, 0) is 12.8 Å². The van der Waals surface area contributed by atoms with Crippen LogP contribution >= 0.6 is 0 Å². The molecule has 11 heavy (non-hydrogen) atoms. The third-order valence-corrected chi connectivity index (χ3v) is 2.22. The van der Waals surface area contributed by atoms with Gasteiger partial charge in [-0.15, -0.1) is 5.75 Å². The summed E-state index contributed by atoms with van der Waals surface area (Å²) in [4.78, 5) is 10.8. The van der Waals surface area contributed by atoms with Crippen LogP contribution in [0, 0.1) is 0 Å². The van der Waals surface area contributed by atoms with Crippen LogP contribution in [0.2, 0.25) is 0 Å². The van der Waals surface area contributed by atoms with Crippen molar-refractivity contribution in [3.63, 3.8) is 0 Å². The molecule has 0 radical (unpaired) electrons. The molecule has 1 aliphatic carbocycles. The van der Waals surface area contributed by atoms with E-state index in [9.17, 15) is 4.79 Å². The number of esters is 1. The SMILES string of the molecule is CCC(=O)OC1(C[S-])CC1.[Cs+]. The van der Waals surface area contributed by atoms with Crippen molar-refractivity contribution in [2.24, 2.45) is 0 Å². The molecule has 0 aromatic rings. The zero-order valence-electron chi connectivity index (χ0n) is 7.05. The topological polar surface area (TPSA) is 26.3 Å². The van der Waals surface area contributed by atoms with Crippen LogP contribution in [0.3, 0.4) is 0 Å². The molecule has 0 aliphatic heterocycles. The van der Waals surface area contributed by atoms with Gasteiger partial charge in [-0.2, -0.15) is 0 Å². The van der Waals surface area contributed by atoms with E-state index in [4.69, 9.17) is 17.4 Å². The Balaban J connectivity index is 0.000001000. The third kappa shape index (κ3) is 4.06. The number of hydrogen-bond donors (Lipinski definition) is 0. The fourth-order valence-electron chi connectivity index (χ4n) is 0.729. The van der Waals surface area contributed by atoms with E-state index in [1.165, 1.54) is 0 Å². The number of rotatable bonds is 3. The molecular weight excluding hydrogens is 281 g/mol. The third-order valence-electron chi connectivity index (χ3n) is 1.69. The molecule has 0 saturated heterocycles. The van der Waals surface area contributed by atoms with E-state index in [1.807, 2.05) is 0 Å². The van der Waals surface area contributed by atoms with Gasteiger partial charge in [0, 0.05) is 6.42 Å². The molecule has 0 unspecified atom stereocenters. The summed E-state index contributed by atoms with van der Waals surface area (Å²) in [6, 6.07) is 0. The molecule has 0 N–H and O–H groups in total. The number of carbonyl (C=O) groups excluding carboxylic acids is 1. The van der Waals surface area contributed by atoms with Crippen molar-refractivity contribution in [2.75, 3.05) is 5.75 Å². The molecule has 0 heterocycles. The van der Waals surface area contributed by atoms with Gasteiger partial charge in [-0.25, -0.2) is 0 Å². The Bertz CT molecular complexity index is 145. The van der Waals surface area contributed by atoms with Gasteiger partial charge in [-0.3, -0.25) is 4.79 Å². The fourth-order valence-corrected chi connectivity index (χ4v) is 1.08. The minimum atomic E-state index is -0.220. The van der Waals surface area contributed by atoms with Crippen molar-refractivity contribution in [2.45, 2.75) is 31.8 Å². The second kappa shape index (κ2) is 5.57. The Morgan fingerprint density at radius 2 is 2.18 bits per heavy atom. The normalized spacial score (nSPS) is 18.4. The van der Waals surface area contributed by atoms with Crippen LogP contribution in [-0.2, 0) is 22.2 Å². The van der Waals surface area contributed by atoms with Crippen molar-refractivity contribution < 1.29 is 78.4 Å². The minimum Gasteiger partial charge on any atom is -0.789 e. The van der Waals surface area contributed by atoms with Gasteiger partial charge in [0.1, 0.15) is 0 Å². The molecule has 1 rings (SSSR count). The maximum Gasteiger partial charge on any atom is 1.00 e. The van der Waals surface area contributed by atoms with Crippen molar-refractivity contribution >= 4 is 18.6 Å². The predicted octanol–water partition coefficient (Wildman–Crippen LogP) is -1.98. The molecule has 0 aromatic heterocycles. The van der Waals surface area contributed by atoms with Crippen molar-refractivity contribution in [1.82, 2.24) is 0 Å². The van der Waals surface area contributed by atoms with Gasteiger partial charge in [0.2, 0.25) is 0 Å². The van der Waals surface area contributed by atoms with E-state index in [0.717, 1.165) is 12.8 Å². The minimum absolute atomic E-state index is 0. The monoisotopic (exact) mass is 292 g/mol. The van der Waals surface area contributed by atoms with Crippen molar-refractivity contribution in [3.8, 4) is 0 Å². The molecule has 1 aliphatic rings. The van der Waals surface area contributed by atoms with E-state index < -0.39 is 0 Å². The molecule has 1 fully saturated rings. The zero-order chi connectivity index (χ0) is 7.61. The molecular formula is C7H11CsO2S. The molecule has 0 spiro atoms. The first kappa shape index (κ1) is 12.9. The summed E-state index contributed by atoms with van der Waals surface area (Å²) in [6.45, 7) is 1.79. The van der Waals surface area contributed by atoms with Crippen LogP contribution in [0.25, 0.3) is 0 Å². The van der Waals surface area contributed by atoms with Gasteiger partial charge < -0.3 is 17.4 Å². The Labute approximate surface area is 132 Å². The van der Waals surface area contributed by atoms with Gasteiger partial charge in [0.25, 0.3) is 0 Å². The smallest absolute Gasteiger partial charge is 0.789 e. The van der Waals surface area contributed by atoms with Crippen LogP contribution in [-0.4, -0.2) is 17.3 Å². The van der Waals surface area contributed by atoms with Crippen LogP contribution in [0.5, 0.6) is 0 Å². The van der Waals surface area contributed by atoms with Gasteiger partial charge in [0.05, 0.1) is 5.60 Å². The van der Waals surface area contributed by atoms with Crippen LogP contribution in [0.1, 0.15) is 26.2 Å². The Kier molecular flexibility index (Phi) is 6.52. The molecule has 58 valence electrons. The number of carbonyl (C=O) groups is 1. The maximum atomic E-state index is 10.8. The maximum absolute atomic E-state index is 10.8. The second-order valence-corrected chi connectivity index (χ2v) is 2.94. The summed E-state index contributed by atoms with van der Waals surface area (Å²) in [5.74, 6) is 0.431. The second-order valence-electron chi connectivity index (χ2n) is 2.65. The summed E-state index contributed by atoms with van der Waals surface area (Å²) in [5.41, 5.74) is -0.220. The summed E-state index contributed by atoms with van der Waals surface area (Å²) in [7, 11) is 0. The van der Waals surface area contributed by atoms with Crippen LogP contribution < -0.4 is 68.9 Å². The molecule has 0 atom stereocenters. The van der Waals surface area contributed by atoms with Gasteiger partial charge in [-0.1, -0.05) is 6.92 Å². The summed E-state index contributed by atoms with van der Waals surface area (Å²) < 4.78 is 5.10. The molecule has 4 heteroatoms. The standard InChI is InChI=1S/C7H12O2S.Cs/c1-2-6(8)9-7(5-10)3-4-7;/h10H,2-5H2,1H3;/q;+1/p-1. The molecule has 1 saturated carbocycles. The summed E-state index contributed by atoms with van der Waals surface area (Å²) in [6.07, 6.45) is 2.38. The molecule has 0 amide bonds. The predicted molar refractivity (Wildman–Crippen MR) is 40.6 cm³/mol. The average Bonchev–Trinajstić information content (AvgIpc) is 2.70. The summed E-state index contributed by atoms with van der Waals surface area (Å²) >= 11 is 4.84. The van der Waals surface area contributed by atoms with Gasteiger partial charge >= 0.3 is 74.9 Å². The van der Waals surface area contributed by atoms with Crippen molar-refractivity contribution in [3.05, 3.63) is 0 Å². The first-order valence-electron chi connectivity index (χ1n) is 3.52. The average molecular weight is 292 g/mol. The van der Waals surface area contributed by atoms with Crippen LogP contribution in [0.4, 0.5) is 0 Å². The van der Waals surface area contributed by atoms with Crippen molar-refractivity contribution in [1.29, 1.82) is 0 Å². The van der Waals surface area contributed by atoms with Gasteiger partial charge in [0.15, 0.2) is 0 Å². The molecule has 0 bridgehead atoms. The number of ether oxygens (including phenoxy) is 1. The first-order chi connectivity index (χ1) is 4.72. The van der Waals surface area contributed by atoms with E-state index in [1.54, 1.807) is 6.92 Å². The largest absolute Gasteiger partial charge is 1.00 e. The zero-order valence-corrected chi connectivity index (χ0v) is 14.1. The van der Waals surface area contributed by atoms with E-state index in [-0.39, 0.29) is 80.5 Å².